The van der Waals surface area contributed by atoms with Crippen LogP contribution in [-0.4, -0.2) is 18.6 Å². The summed E-state index contributed by atoms with van der Waals surface area (Å²) in [5.74, 6) is 0.544. The summed E-state index contributed by atoms with van der Waals surface area (Å²) in [4.78, 5) is 3.96. The number of nitrogens with one attached hydrogen (secondary N) is 1. The fourth-order valence-corrected chi connectivity index (χ4v) is 2.54. The third-order valence-corrected chi connectivity index (χ3v) is 3.56. The van der Waals surface area contributed by atoms with Gasteiger partial charge in [0.25, 0.3) is 0 Å². The molecule has 0 saturated heterocycles. The lowest BCUT2D eigenvalue weighted by atomic mass is 9.94. The van der Waals surface area contributed by atoms with Gasteiger partial charge in [-0.15, -0.1) is 0 Å². The molecule has 1 aromatic carbocycles. The van der Waals surface area contributed by atoms with Crippen LogP contribution in [0.5, 0.6) is 5.75 Å². The number of rotatable bonds is 5. The lowest BCUT2D eigenvalue weighted by Gasteiger charge is -2.22. The van der Waals surface area contributed by atoms with Gasteiger partial charge in [-0.3, -0.25) is 4.98 Å². The van der Waals surface area contributed by atoms with Crippen LogP contribution in [0.15, 0.2) is 30.6 Å². The molecule has 1 N–H and O–H groups in total. The van der Waals surface area contributed by atoms with Crippen molar-refractivity contribution in [3.63, 3.8) is 0 Å². The van der Waals surface area contributed by atoms with Crippen LogP contribution in [-0.2, 0) is 0 Å². The Balaban J connectivity index is 2.50. The summed E-state index contributed by atoms with van der Waals surface area (Å²) in [6.07, 6.45) is 2.92. The highest BCUT2D eigenvalue weighted by atomic mass is 19.1. The zero-order valence-corrected chi connectivity index (χ0v) is 12.9. The number of benzene rings is 1. The molecule has 0 aliphatic heterocycles. The summed E-state index contributed by atoms with van der Waals surface area (Å²) in [5, 5.41) is 3.40. The van der Waals surface area contributed by atoms with E-state index in [0.29, 0.717) is 0 Å². The molecule has 1 unspecified atom stereocenters. The first-order chi connectivity index (χ1) is 10.1. The van der Waals surface area contributed by atoms with Crippen LogP contribution in [0.2, 0.25) is 0 Å². The number of pyridine rings is 1. The van der Waals surface area contributed by atoms with E-state index in [-0.39, 0.29) is 11.9 Å². The molecule has 21 heavy (non-hydrogen) atoms. The van der Waals surface area contributed by atoms with Crippen LogP contribution in [0, 0.1) is 19.7 Å². The number of hydrogen-bond acceptors (Lipinski definition) is 3. The summed E-state index contributed by atoms with van der Waals surface area (Å²) in [7, 11) is 1.67. The van der Waals surface area contributed by atoms with E-state index in [1.54, 1.807) is 13.3 Å². The van der Waals surface area contributed by atoms with Gasteiger partial charge in [0.1, 0.15) is 11.6 Å². The molecule has 0 amide bonds. The first-order valence-electron chi connectivity index (χ1n) is 7.05. The highest BCUT2D eigenvalue weighted by molar-refractivity contribution is 5.45. The van der Waals surface area contributed by atoms with Crippen LogP contribution in [0.3, 0.4) is 0 Å². The molecule has 1 heterocycles. The zero-order chi connectivity index (χ0) is 15.4. The molecule has 0 saturated carbocycles. The minimum Gasteiger partial charge on any atom is -0.496 e. The van der Waals surface area contributed by atoms with E-state index in [9.17, 15) is 4.39 Å². The van der Waals surface area contributed by atoms with Gasteiger partial charge in [-0.05, 0) is 54.8 Å². The van der Waals surface area contributed by atoms with E-state index in [0.717, 1.165) is 34.5 Å². The van der Waals surface area contributed by atoms with Gasteiger partial charge >= 0.3 is 0 Å². The maximum Gasteiger partial charge on any atom is 0.141 e. The molecule has 0 aliphatic carbocycles. The van der Waals surface area contributed by atoms with Crippen LogP contribution < -0.4 is 10.1 Å². The number of methoxy groups -OCH3 is 1. The predicted octanol–water partition coefficient (Wildman–Crippen LogP) is 3.55. The fourth-order valence-electron chi connectivity index (χ4n) is 2.54. The van der Waals surface area contributed by atoms with E-state index < -0.39 is 0 Å². The van der Waals surface area contributed by atoms with Crippen molar-refractivity contribution < 1.29 is 9.13 Å². The van der Waals surface area contributed by atoms with Gasteiger partial charge < -0.3 is 10.1 Å². The maximum atomic E-state index is 13.5. The second-order valence-electron chi connectivity index (χ2n) is 5.11. The summed E-state index contributed by atoms with van der Waals surface area (Å²) < 4.78 is 18.8. The predicted molar refractivity (Wildman–Crippen MR) is 82.2 cm³/mol. The number of halogens is 1. The van der Waals surface area contributed by atoms with Crippen molar-refractivity contribution in [2.75, 3.05) is 13.7 Å². The molecule has 2 aromatic rings. The molecular weight excluding hydrogens is 267 g/mol. The lowest BCUT2D eigenvalue weighted by Crippen LogP contribution is -2.23. The normalized spacial score (nSPS) is 12.2. The standard InChI is InChI=1S/C17H21FN2O/c1-5-20-17(13-8-14(18)10-19-9-13)15-6-12(3)16(21-4)7-11(15)2/h6-10,17,20H,5H2,1-4H3. The second kappa shape index (κ2) is 6.68. The van der Waals surface area contributed by atoms with Crippen molar-refractivity contribution >= 4 is 0 Å². The Morgan fingerprint density at radius 2 is 1.95 bits per heavy atom. The zero-order valence-electron chi connectivity index (χ0n) is 12.9. The summed E-state index contributed by atoms with van der Waals surface area (Å²) in [6, 6.07) is 5.55. The van der Waals surface area contributed by atoms with Gasteiger partial charge in [0, 0.05) is 6.20 Å². The number of aromatic nitrogens is 1. The SMILES string of the molecule is CCNC(c1cncc(F)c1)c1cc(C)c(OC)cc1C. The van der Waals surface area contributed by atoms with Gasteiger partial charge in [0.2, 0.25) is 0 Å². The van der Waals surface area contributed by atoms with Crippen LogP contribution in [0.25, 0.3) is 0 Å². The van der Waals surface area contributed by atoms with Crippen molar-refractivity contribution in [2.45, 2.75) is 26.8 Å². The van der Waals surface area contributed by atoms with E-state index in [1.165, 1.54) is 12.3 Å². The first kappa shape index (κ1) is 15.4. The topological polar surface area (TPSA) is 34.2 Å². The third kappa shape index (κ3) is 3.39. The Hall–Kier alpha value is -1.94. The Labute approximate surface area is 125 Å². The highest BCUT2D eigenvalue weighted by Crippen LogP contribution is 2.30. The molecule has 0 spiro atoms. The fraction of sp³-hybridized carbons (Fsp3) is 0.353. The van der Waals surface area contributed by atoms with Gasteiger partial charge in [0.05, 0.1) is 19.3 Å². The molecule has 1 atom stereocenters. The van der Waals surface area contributed by atoms with Gasteiger partial charge in [0.15, 0.2) is 0 Å². The minimum atomic E-state index is -0.321. The monoisotopic (exact) mass is 288 g/mol. The second-order valence-corrected chi connectivity index (χ2v) is 5.11. The molecule has 4 heteroatoms. The quantitative estimate of drug-likeness (QED) is 0.913. The molecule has 112 valence electrons. The summed E-state index contributed by atoms with van der Waals surface area (Å²) >= 11 is 0. The maximum absolute atomic E-state index is 13.5. The molecule has 0 fully saturated rings. The highest BCUT2D eigenvalue weighted by Gasteiger charge is 2.17. The van der Waals surface area contributed by atoms with E-state index in [2.05, 4.69) is 16.4 Å². The average molecular weight is 288 g/mol. The van der Waals surface area contributed by atoms with Gasteiger partial charge in [-0.1, -0.05) is 13.0 Å². The minimum absolute atomic E-state index is 0.0807. The first-order valence-corrected chi connectivity index (χ1v) is 7.05. The Bertz CT molecular complexity index is 628. The van der Waals surface area contributed by atoms with Crippen LogP contribution >= 0.6 is 0 Å². The van der Waals surface area contributed by atoms with E-state index >= 15 is 0 Å². The lowest BCUT2D eigenvalue weighted by molar-refractivity contribution is 0.411. The molecule has 1 aromatic heterocycles. The molecule has 0 radical (unpaired) electrons. The molecular formula is C17H21FN2O. The Morgan fingerprint density at radius 3 is 2.57 bits per heavy atom. The number of aryl methyl sites for hydroxylation is 2. The van der Waals surface area contributed by atoms with Crippen molar-refractivity contribution in [1.29, 1.82) is 0 Å². The number of ether oxygens (including phenoxy) is 1. The summed E-state index contributed by atoms with van der Waals surface area (Å²) in [5.41, 5.74) is 4.10. The van der Waals surface area contributed by atoms with Crippen molar-refractivity contribution in [2.24, 2.45) is 0 Å². The van der Waals surface area contributed by atoms with Crippen LogP contribution in [0.1, 0.15) is 35.2 Å². The number of hydrogen-bond donors (Lipinski definition) is 1. The summed E-state index contributed by atoms with van der Waals surface area (Å²) in [6.45, 7) is 6.86. The molecule has 2 rings (SSSR count). The van der Waals surface area contributed by atoms with Gasteiger partial charge in [-0.2, -0.15) is 0 Å². The third-order valence-electron chi connectivity index (χ3n) is 3.56. The Kier molecular flexibility index (Phi) is 4.91. The molecule has 0 aliphatic rings. The average Bonchev–Trinajstić information content (AvgIpc) is 2.47. The molecule has 0 bridgehead atoms. The van der Waals surface area contributed by atoms with E-state index in [1.807, 2.05) is 26.8 Å². The number of nitrogens with zero attached hydrogens (tertiary/aromatic N) is 1. The van der Waals surface area contributed by atoms with E-state index in [4.69, 9.17) is 4.74 Å². The largest absolute Gasteiger partial charge is 0.496 e. The Morgan fingerprint density at radius 1 is 1.19 bits per heavy atom. The van der Waals surface area contributed by atoms with Crippen molar-refractivity contribution in [1.82, 2.24) is 10.3 Å². The molecule has 3 nitrogen and oxygen atoms in total. The smallest absolute Gasteiger partial charge is 0.141 e. The van der Waals surface area contributed by atoms with Gasteiger partial charge in [-0.25, -0.2) is 4.39 Å². The van der Waals surface area contributed by atoms with Crippen molar-refractivity contribution in [3.05, 3.63) is 58.7 Å². The van der Waals surface area contributed by atoms with Crippen molar-refractivity contribution in [3.8, 4) is 5.75 Å². The van der Waals surface area contributed by atoms with Crippen LogP contribution in [0.4, 0.5) is 4.39 Å².